The summed E-state index contributed by atoms with van der Waals surface area (Å²) >= 11 is 0. The standard InChI is InChI=1S/C19H22N4O3/c1-25-16-4-2-3-14(9-16)10-18(24)23-12-15-11-20-19(21-17(15)13-23)22-5-7-26-8-6-22/h2-4,9,11H,5-8,10,12-13H2,1H3. The number of morpholine rings is 1. The number of carbonyl (C=O) groups is 1. The average Bonchev–Trinajstić information content (AvgIpc) is 3.12. The Morgan fingerprint density at radius 2 is 2.12 bits per heavy atom. The molecule has 0 bridgehead atoms. The summed E-state index contributed by atoms with van der Waals surface area (Å²) in [6.45, 7) is 4.12. The third-order valence-corrected chi connectivity index (χ3v) is 4.78. The summed E-state index contributed by atoms with van der Waals surface area (Å²) in [5.74, 6) is 1.58. The molecule has 1 aromatic heterocycles. The van der Waals surface area contributed by atoms with Crippen molar-refractivity contribution in [3.63, 3.8) is 0 Å². The van der Waals surface area contributed by atoms with Gasteiger partial charge in [-0.05, 0) is 17.7 Å². The average molecular weight is 354 g/mol. The van der Waals surface area contributed by atoms with Crippen molar-refractivity contribution in [2.24, 2.45) is 0 Å². The lowest BCUT2D eigenvalue weighted by Gasteiger charge is -2.26. The van der Waals surface area contributed by atoms with E-state index < -0.39 is 0 Å². The van der Waals surface area contributed by atoms with Crippen LogP contribution in [0.3, 0.4) is 0 Å². The Balaban J connectivity index is 1.43. The number of amides is 1. The normalized spacial score (nSPS) is 16.5. The van der Waals surface area contributed by atoms with Crippen LogP contribution >= 0.6 is 0 Å². The lowest BCUT2D eigenvalue weighted by Crippen LogP contribution is -2.37. The van der Waals surface area contributed by atoms with Crippen molar-refractivity contribution < 1.29 is 14.3 Å². The van der Waals surface area contributed by atoms with E-state index in [4.69, 9.17) is 9.47 Å². The minimum absolute atomic E-state index is 0.0872. The minimum Gasteiger partial charge on any atom is -0.497 e. The van der Waals surface area contributed by atoms with Crippen LogP contribution in [-0.2, 0) is 29.0 Å². The van der Waals surface area contributed by atoms with Gasteiger partial charge in [-0.25, -0.2) is 9.97 Å². The zero-order chi connectivity index (χ0) is 17.9. The lowest BCUT2D eigenvalue weighted by atomic mass is 10.1. The van der Waals surface area contributed by atoms with Gasteiger partial charge >= 0.3 is 0 Å². The zero-order valence-corrected chi connectivity index (χ0v) is 14.9. The van der Waals surface area contributed by atoms with Gasteiger partial charge in [0, 0.05) is 31.4 Å². The SMILES string of the molecule is COc1cccc(CC(=O)N2Cc3cnc(N4CCOCC4)nc3C2)c1. The summed E-state index contributed by atoms with van der Waals surface area (Å²) in [7, 11) is 1.63. The molecule has 2 aromatic rings. The van der Waals surface area contributed by atoms with Crippen LogP contribution in [0.25, 0.3) is 0 Å². The van der Waals surface area contributed by atoms with Crippen LogP contribution in [0.5, 0.6) is 5.75 Å². The van der Waals surface area contributed by atoms with Crippen molar-refractivity contribution in [3.8, 4) is 5.75 Å². The maximum absolute atomic E-state index is 12.7. The molecule has 0 aliphatic carbocycles. The van der Waals surface area contributed by atoms with Crippen molar-refractivity contribution in [1.29, 1.82) is 0 Å². The molecule has 3 heterocycles. The van der Waals surface area contributed by atoms with Crippen molar-refractivity contribution >= 4 is 11.9 Å². The molecular weight excluding hydrogens is 332 g/mol. The summed E-state index contributed by atoms with van der Waals surface area (Å²) in [6.07, 6.45) is 2.21. The predicted octanol–water partition coefficient (Wildman–Crippen LogP) is 1.41. The van der Waals surface area contributed by atoms with E-state index in [1.165, 1.54) is 0 Å². The molecule has 0 spiro atoms. The van der Waals surface area contributed by atoms with Crippen LogP contribution in [0, 0.1) is 0 Å². The highest BCUT2D eigenvalue weighted by Gasteiger charge is 2.26. The molecule has 2 aliphatic rings. The lowest BCUT2D eigenvalue weighted by molar-refractivity contribution is -0.131. The quantitative estimate of drug-likeness (QED) is 0.827. The molecule has 7 nitrogen and oxygen atoms in total. The van der Waals surface area contributed by atoms with Gasteiger partial charge in [0.15, 0.2) is 0 Å². The fourth-order valence-electron chi connectivity index (χ4n) is 3.30. The second kappa shape index (κ2) is 7.29. The van der Waals surface area contributed by atoms with Crippen LogP contribution in [0.15, 0.2) is 30.5 Å². The molecule has 0 N–H and O–H groups in total. The Morgan fingerprint density at radius 3 is 2.92 bits per heavy atom. The van der Waals surface area contributed by atoms with E-state index in [0.717, 1.165) is 41.6 Å². The molecule has 7 heteroatoms. The van der Waals surface area contributed by atoms with Gasteiger partial charge in [-0.2, -0.15) is 0 Å². The zero-order valence-electron chi connectivity index (χ0n) is 14.9. The van der Waals surface area contributed by atoms with Gasteiger partial charge in [-0.1, -0.05) is 12.1 Å². The van der Waals surface area contributed by atoms with E-state index in [1.54, 1.807) is 7.11 Å². The number of aromatic nitrogens is 2. The first-order valence-electron chi connectivity index (χ1n) is 8.81. The number of methoxy groups -OCH3 is 1. The molecule has 0 atom stereocenters. The Kier molecular flexibility index (Phi) is 4.71. The number of benzene rings is 1. The smallest absolute Gasteiger partial charge is 0.227 e. The van der Waals surface area contributed by atoms with Gasteiger partial charge in [-0.15, -0.1) is 0 Å². The molecule has 1 saturated heterocycles. The molecule has 1 amide bonds. The number of nitrogens with zero attached hydrogens (tertiary/aromatic N) is 4. The summed E-state index contributed by atoms with van der Waals surface area (Å²) < 4.78 is 10.6. The van der Waals surface area contributed by atoms with Crippen molar-refractivity contribution in [3.05, 3.63) is 47.3 Å². The van der Waals surface area contributed by atoms with Crippen LogP contribution < -0.4 is 9.64 Å². The molecule has 0 radical (unpaired) electrons. The number of hydrogen-bond donors (Lipinski definition) is 0. The second-order valence-electron chi connectivity index (χ2n) is 6.52. The van der Waals surface area contributed by atoms with E-state index in [2.05, 4.69) is 14.9 Å². The highest BCUT2D eigenvalue weighted by atomic mass is 16.5. The number of carbonyl (C=O) groups excluding carboxylic acids is 1. The fourth-order valence-corrected chi connectivity index (χ4v) is 3.30. The third-order valence-electron chi connectivity index (χ3n) is 4.78. The predicted molar refractivity (Wildman–Crippen MR) is 96.0 cm³/mol. The number of hydrogen-bond acceptors (Lipinski definition) is 6. The van der Waals surface area contributed by atoms with Gasteiger partial charge in [0.2, 0.25) is 11.9 Å². The molecule has 26 heavy (non-hydrogen) atoms. The van der Waals surface area contributed by atoms with E-state index in [1.807, 2.05) is 35.4 Å². The molecule has 4 rings (SSSR count). The minimum atomic E-state index is 0.0872. The molecule has 0 unspecified atom stereocenters. The second-order valence-corrected chi connectivity index (χ2v) is 6.52. The van der Waals surface area contributed by atoms with Crippen molar-refractivity contribution in [1.82, 2.24) is 14.9 Å². The van der Waals surface area contributed by atoms with Gasteiger partial charge in [0.25, 0.3) is 0 Å². The molecule has 136 valence electrons. The highest BCUT2D eigenvalue weighted by molar-refractivity contribution is 5.79. The van der Waals surface area contributed by atoms with Gasteiger partial charge < -0.3 is 19.3 Å². The van der Waals surface area contributed by atoms with Crippen LogP contribution in [0.4, 0.5) is 5.95 Å². The van der Waals surface area contributed by atoms with Gasteiger partial charge in [0.05, 0.1) is 39.0 Å². The number of anilines is 1. The topological polar surface area (TPSA) is 67.8 Å². The molecule has 1 aromatic carbocycles. The first-order chi connectivity index (χ1) is 12.7. The largest absolute Gasteiger partial charge is 0.497 e. The number of rotatable bonds is 4. The van der Waals surface area contributed by atoms with Crippen LogP contribution in [0.1, 0.15) is 16.8 Å². The van der Waals surface area contributed by atoms with Gasteiger partial charge in [0.1, 0.15) is 5.75 Å². The number of fused-ring (bicyclic) bond motifs is 1. The molecule has 2 aliphatic heterocycles. The van der Waals surface area contributed by atoms with Crippen LogP contribution in [-0.4, -0.2) is 54.2 Å². The Morgan fingerprint density at radius 1 is 1.27 bits per heavy atom. The molecule has 0 saturated carbocycles. The Bertz CT molecular complexity index is 805. The van der Waals surface area contributed by atoms with E-state index in [0.29, 0.717) is 32.7 Å². The maximum atomic E-state index is 12.7. The summed E-state index contributed by atoms with van der Waals surface area (Å²) in [6, 6.07) is 7.63. The highest BCUT2D eigenvalue weighted by Crippen LogP contribution is 2.24. The monoisotopic (exact) mass is 354 g/mol. The fraction of sp³-hybridized carbons (Fsp3) is 0.421. The maximum Gasteiger partial charge on any atom is 0.227 e. The Hall–Kier alpha value is -2.67. The van der Waals surface area contributed by atoms with Crippen molar-refractivity contribution in [2.75, 3.05) is 38.3 Å². The number of ether oxygens (including phenoxy) is 2. The first-order valence-corrected chi connectivity index (χ1v) is 8.81. The summed E-state index contributed by atoms with van der Waals surface area (Å²) in [5.41, 5.74) is 2.92. The summed E-state index contributed by atoms with van der Waals surface area (Å²) in [5, 5.41) is 0. The molecule has 1 fully saturated rings. The summed E-state index contributed by atoms with van der Waals surface area (Å²) in [4.78, 5) is 25.8. The Labute approximate surface area is 152 Å². The first kappa shape index (κ1) is 16.8. The third kappa shape index (κ3) is 3.48. The van der Waals surface area contributed by atoms with E-state index in [9.17, 15) is 4.79 Å². The van der Waals surface area contributed by atoms with Gasteiger partial charge in [-0.3, -0.25) is 4.79 Å². The molecular formula is C19H22N4O3. The van der Waals surface area contributed by atoms with E-state index >= 15 is 0 Å². The van der Waals surface area contributed by atoms with E-state index in [-0.39, 0.29) is 5.91 Å². The van der Waals surface area contributed by atoms with Crippen LogP contribution in [0.2, 0.25) is 0 Å². The van der Waals surface area contributed by atoms with Crippen molar-refractivity contribution in [2.45, 2.75) is 19.5 Å².